The molecule has 1 N–H and O–H groups in total. The Labute approximate surface area is 90.4 Å². The van der Waals surface area contributed by atoms with Crippen molar-refractivity contribution in [2.75, 3.05) is 0 Å². The number of fused-ring (bicyclic) bond motifs is 1. The second kappa shape index (κ2) is 3.52. The lowest BCUT2D eigenvalue weighted by molar-refractivity contribution is -0.129. The summed E-state index contributed by atoms with van der Waals surface area (Å²) in [6, 6.07) is 4.79. The highest BCUT2D eigenvalue weighted by Gasteiger charge is 2.36. The van der Waals surface area contributed by atoms with E-state index in [1.165, 1.54) is 6.07 Å². The van der Waals surface area contributed by atoms with E-state index in [1.807, 2.05) is 0 Å². The minimum Gasteiger partial charge on any atom is -0.477 e. The fourth-order valence-corrected chi connectivity index (χ4v) is 1.66. The molecule has 82 valence electrons. The Morgan fingerprint density at radius 1 is 1.50 bits per heavy atom. The van der Waals surface area contributed by atoms with Gasteiger partial charge in [-0.15, -0.1) is 0 Å². The summed E-state index contributed by atoms with van der Waals surface area (Å²) in [6.07, 6.45) is -2.17. The molecular weight excluding hydrogens is 213 g/mol. The van der Waals surface area contributed by atoms with Crippen molar-refractivity contribution in [3.05, 3.63) is 29.3 Å². The summed E-state index contributed by atoms with van der Waals surface area (Å²) in [4.78, 5) is 26.0. The molecule has 0 saturated heterocycles. The molecule has 16 heavy (non-hydrogen) atoms. The minimum absolute atomic E-state index is 0.167. The average Bonchev–Trinajstić information content (AvgIpc) is 2.22. The van der Waals surface area contributed by atoms with Gasteiger partial charge < -0.3 is 5.11 Å². The SMILES string of the molecule is Cc1cccc2c1C(=O)C(F)C(C(=O)O)=N2. The number of Topliss-reactive ketones (excluding diaryl/α,β-unsaturated/α-hetero) is 1. The van der Waals surface area contributed by atoms with E-state index in [1.54, 1.807) is 19.1 Å². The molecule has 0 saturated carbocycles. The van der Waals surface area contributed by atoms with Crippen LogP contribution in [0.1, 0.15) is 15.9 Å². The monoisotopic (exact) mass is 221 g/mol. The minimum atomic E-state index is -2.17. The number of hydrogen-bond donors (Lipinski definition) is 1. The molecule has 0 aliphatic carbocycles. The van der Waals surface area contributed by atoms with Gasteiger partial charge in [-0.25, -0.2) is 14.2 Å². The molecule has 0 fully saturated rings. The van der Waals surface area contributed by atoms with Gasteiger partial charge in [0.05, 0.1) is 5.69 Å². The van der Waals surface area contributed by atoms with Gasteiger partial charge in [0.25, 0.3) is 0 Å². The van der Waals surface area contributed by atoms with Gasteiger partial charge in [-0.2, -0.15) is 0 Å². The van der Waals surface area contributed by atoms with Gasteiger partial charge in [0, 0.05) is 5.56 Å². The predicted molar refractivity (Wildman–Crippen MR) is 55.1 cm³/mol. The third-order valence-corrected chi connectivity index (χ3v) is 2.43. The first kappa shape index (κ1) is 10.5. The Balaban J connectivity index is 2.68. The molecule has 5 heteroatoms. The zero-order valence-electron chi connectivity index (χ0n) is 8.40. The molecule has 2 rings (SSSR count). The summed E-state index contributed by atoms with van der Waals surface area (Å²) in [7, 11) is 0. The van der Waals surface area contributed by atoms with Crippen molar-refractivity contribution in [2.45, 2.75) is 13.1 Å². The van der Waals surface area contributed by atoms with Crippen LogP contribution < -0.4 is 0 Å². The maximum atomic E-state index is 13.5. The number of halogens is 1. The molecule has 1 aliphatic rings. The normalized spacial score (nSPS) is 19.0. The van der Waals surface area contributed by atoms with Crippen molar-refractivity contribution in [1.29, 1.82) is 0 Å². The molecule has 1 heterocycles. The number of carbonyl (C=O) groups excluding carboxylic acids is 1. The Morgan fingerprint density at radius 2 is 2.19 bits per heavy atom. The summed E-state index contributed by atoms with van der Waals surface area (Å²) >= 11 is 0. The lowest BCUT2D eigenvalue weighted by Gasteiger charge is -2.17. The molecule has 0 aromatic heterocycles. The standard InChI is InChI=1S/C11H8FNO3/c1-5-3-2-4-6-7(5)10(14)8(12)9(13-6)11(15)16/h2-4,8H,1H3,(H,15,16). The first-order valence-corrected chi connectivity index (χ1v) is 4.62. The number of hydrogen-bond acceptors (Lipinski definition) is 3. The summed E-state index contributed by atoms with van der Waals surface area (Å²) in [5.74, 6) is -2.34. The maximum absolute atomic E-state index is 13.5. The fourth-order valence-electron chi connectivity index (χ4n) is 1.66. The molecule has 0 radical (unpaired) electrons. The number of rotatable bonds is 1. The topological polar surface area (TPSA) is 66.7 Å². The molecule has 1 aliphatic heterocycles. The van der Waals surface area contributed by atoms with Crippen LogP contribution in [0.25, 0.3) is 0 Å². The van der Waals surface area contributed by atoms with E-state index in [0.29, 0.717) is 5.56 Å². The van der Waals surface area contributed by atoms with Crippen LogP contribution in [0.3, 0.4) is 0 Å². The van der Waals surface area contributed by atoms with E-state index in [0.717, 1.165) is 0 Å². The van der Waals surface area contributed by atoms with Crippen molar-refractivity contribution in [3.63, 3.8) is 0 Å². The van der Waals surface area contributed by atoms with Crippen molar-refractivity contribution >= 4 is 23.2 Å². The van der Waals surface area contributed by atoms with Gasteiger partial charge in [0.2, 0.25) is 12.0 Å². The Hall–Kier alpha value is -2.04. The number of aliphatic imine (C=N–C) groups is 1. The van der Waals surface area contributed by atoms with Crippen LogP contribution in [0.2, 0.25) is 0 Å². The zero-order valence-corrected chi connectivity index (χ0v) is 8.40. The average molecular weight is 221 g/mol. The van der Waals surface area contributed by atoms with Crippen LogP contribution in [0, 0.1) is 6.92 Å². The summed E-state index contributed by atoms with van der Waals surface area (Å²) < 4.78 is 13.5. The summed E-state index contributed by atoms with van der Waals surface area (Å²) in [5.41, 5.74) is 0.234. The Kier molecular flexibility index (Phi) is 2.30. The van der Waals surface area contributed by atoms with Gasteiger partial charge in [0.15, 0.2) is 5.71 Å². The van der Waals surface area contributed by atoms with Crippen LogP contribution in [0.15, 0.2) is 23.2 Å². The molecule has 0 bridgehead atoms. The Bertz CT molecular complexity index is 522. The van der Waals surface area contributed by atoms with E-state index in [-0.39, 0.29) is 11.3 Å². The van der Waals surface area contributed by atoms with Gasteiger partial charge in [-0.3, -0.25) is 4.79 Å². The third-order valence-electron chi connectivity index (χ3n) is 2.43. The first-order valence-electron chi connectivity index (χ1n) is 4.62. The largest absolute Gasteiger partial charge is 0.477 e. The maximum Gasteiger partial charge on any atom is 0.353 e. The van der Waals surface area contributed by atoms with E-state index < -0.39 is 23.6 Å². The molecule has 1 unspecified atom stereocenters. The van der Waals surface area contributed by atoms with Crippen LogP contribution >= 0.6 is 0 Å². The number of ketones is 1. The number of carbonyl (C=O) groups is 2. The summed E-state index contributed by atoms with van der Waals surface area (Å²) in [6.45, 7) is 1.66. The number of alkyl halides is 1. The Morgan fingerprint density at radius 3 is 2.81 bits per heavy atom. The predicted octanol–water partition coefficient (Wildman–Crippen LogP) is 1.69. The van der Waals surface area contributed by atoms with Gasteiger partial charge in [0.1, 0.15) is 0 Å². The quantitative estimate of drug-likeness (QED) is 0.784. The lowest BCUT2D eigenvalue weighted by atomic mass is 9.94. The molecule has 0 spiro atoms. The van der Waals surface area contributed by atoms with Crippen molar-refractivity contribution in [3.8, 4) is 0 Å². The molecule has 1 aromatic carbocycles. The van der Waals surface area contributed by atoms with E-state index in [2.05, 4.69) is 4.99 Å². The van der Waals surface area contributed by atoms with E-state index >= 15 is 0 Å². The third kappa shape index (κ3) is 1.41. The highest BCUT2D eigenvalue weighted by molar-refractivity contribution is 6.45. The van der Waals surface area contributed by atoms with Crippen molar-refractivity contribution < 1.29 is 19.1 Å². The molecule has 1 aromatic rings. The second-order valence-electron chi connectivity index (χ2n) is 3.50. The van der Waals surface area contributed by atoms with Crippen molar-refractivity contribution in [1.82, 2.24) is 0 Å². The van der Waals surface area contributed by atoms with Crippen LogP contribution in [0.4, 0.5) is 10.1 Å². The molecular formula is C11H8FNO3. The molecule has 0 amide bonds. The number of nitrogens with zero attached hydrogens (tertiary/aromatic N) is 1. The highest BCUT2D eigenvalue weighted by Crippen LogP contribution is 2.29. The molecule has 1 atom stereocenters. The molecule has 4 nitrogen and oxygen atoms in total. The van der Waals surface area contributed by atoms with Crippen molar-refractivity contribution in [2.24, 2.45) is 4.99 Å². The number of aliphatic carboxylic acids is 1. The van der Waals surface area contributed by atoms with E-state index in [9.17, 15) is 14.0 Å². The second-order valence-corrected chi connectivity index (χ2v) is 3.50. The number of benzene rings is 1. The summed E-state index contributed by atoms with van der Waals surface area (Å²) in [5, 5.41) is 8.70. The van der Waals surface area contributed by atoms with Gasteiger partial charge >= 0.3 is 5.97 Å². The number of carboxylic acid groups (broad SMARTS) is 1. The van der Waals surface area contributed by atoms with E-state index in [4.69, 9.17) is 5.11 Å². The van der Waals surface area contributed by atoms with Crippen LogP contribution in [-0.4, -0.2) is 28.7 Å². The van der Waals surface area contributed by atoms with Crippen LogP contribution in [0.5, 0.6) is 0 Å². The van der Waals surface area contributed by atoms with Crippen LogP contribution in [-0.2, 0) is 4.79 Å². The van der Waals surface area contributed by atoms with Gasteiger partial charge in [-0.1, -0.05) is 12.1 Å². The lowest BCUT2D eigenvalue weighted by Crippen LogP contribution is -2.35. The first-order chi connectivity index (χ1) is 7.52. The van der Waals surface area contributed by atoms with Gasteiger partial charge in [-0.05, 0) is 18.6 Å². The number of aryl methyl sites for hydroxylation is 1. The number of carboxylic acids is 1. The fraction of sp³-hybridized carbons (Fsp3) is 0.182. The highest BCUT2D eigenvalue weighted by atomic mass is 19.1. The zero-order chi connectivity index (χ0) is 11.9. The smallest absolute Gasteiger partial charge is 0.353 e.